The first-order valence-corrected chi connectivity index (χ1v) is 9.78. The zero-order valence-electron chi connectivity index (χ0n) is 17.0. The molecular formula is C20H29BN4O4. The Morgan fingerprint density at radius 3 is 2.48 bits per heavy atom. The summed E-state index contributed by atoms with van der Waals surface area (Å²) in [5.74, 6) is -1.60. The highest BCUT2D eigenvalue weighted by Gasteiger charge is 2.31. The fourth-order valence-corrected chi connectivity index (χ4v) is 3.09. The average molecular weight is 400 g/mol. The van der Waals surface area contributed by atoms with E-state index in [4.69, 9.17) is 0 Å². The first-order chi connectivity index (χ1) is 13.8. The molecule has 0 radical (unpaired) electrons. The third-order valence-electron chi connectivity index (χ3n) is 4.59. The van der Waals surface area contributed by atoms with Crippen molar-refractivity contribution >= 4 is 24.6 Å². The summed E-state index contributed by atoms with van der Waals surface area (Å²) in [7, 11) is -1.69. The summed E-state index contributed by atoms with van der Waals surface area (Å²) in [6.45, 7) is 5.65. The van der Waals surface area contributed by atoms with Gasteiger partial charge in [-0.15, -0.1) is 0 Å². The van der Waals surface area contributed by atoms with Gasteiger partial charge in [0.1, 0.15) is 11.8 Å². The molecular weight excluding hydrogens is 371 g/mol. The number of carbonyl (C=O) groups excluding carboxylic acids is 2. The highest BCUT2D eigenvalue weighted by atomic mass is 16.4. The van der Waals surface area contributed by atoms with Crippen LogP contribution in [0.3, 0.4) is 0 Å². The number of nitrogens with zero attached hydrogens (tertiary/aromatic N) is 1. The number of aliphatic imine (C=N–C) groups is 1. The van der Waals surface area contributed by atoms with Crippen molar-refractivity contribution in [2.45, 2.75) is 51.6 Å². The third kappa shape index (κ3) is 7.03. The maximum absolute atomic E-state index is 12.9. The SMILES string of the molecule is CC(C)C[C@H](NC(=O)C(Cc1ccccc1)NC(=O)C1=NC=CNC1C)B(O)O. The largest absolute Gasteiger partial charge is 0.475 e. The van der Waals surface area contributed by atoms with E-state index < -0.39 is 30.9 Å². The van der Waals surface area contributed by atoms with Crippen LogP contribution in [-0.4, -0.2) is 52.7 Å². The molecule has 2 amide bonds. The molecule has 5 N–H and O–H groups in total. The summed E-state index contributed by atoms with van der Waals surface area (Å²) in [4.78, 5) is 29.8. The van der Waals surface area contributed by atoms with Crippen molar-refractivity contribution < 1.29 is 19.6 Å². The minimum atomic E-state index is -1.69. The Bertz CT molecular complexity index is 752. The lowest BCUT2D eigenvalue weighted by atomic mass is 9.75. The van der Waals surface area contributed by atoms with Crippen LogP contribution in [0.2, 0.25) is 0 Å². The number of hydrogen-bond donors (Lipinski definition) is 5. The molecule has 1 aromatic carbocycles. The van der Waals surface area contributed by atoms with Gasteiger partial charge in [-0.3, -0.25) is 14.6 Å². The van der Waals surface area contributed by atoms with Gasteiger partial charge in [-0.1, -0.05) is 44.2 Å². The Morgan fingerprint density at radius 1 is 1.21 bits per heavy atom. The van der Waals surface area contributed by atoms with Gasteiger partial charge in [0, 0.05) is 18.8 Å². The number of carbonyl (C=O) groups is 2. The summed E-state index contributed by atoms with van der Waals surface area (Å²) >= 11 is 0. The monoisotopic (exact) mass is 400 g/mol. The highest BCUT2D eigenvalue weighted by Crippen LogP contribution is 2.09. The van der Waals surface area contributed by atoms with Crippen molar-refractivity contribution in [3.8, 4) is 0 Å². The van der Waals surface area contributed by atoms with Gasteiger partial charge in [0.25, 0.3) is 5.91 Å². The topological polar surface area (TPSA) is 123 Å². The number of nitrogens with one attached hydrogen (secondary N) is 3. The van der Waals surface area contributed by atoms with Crippen molar-refractivity contribution in [1.82, 2.24) is 16.0 Å². The predicted octanol–water partition coefficient (Wildman–Crippen LogP) is 0.161. The maximum atomic E-state index is 12.9. The second-order valence-electron chi connectivity index (χ2n) is 7.59. The number of hydrogen-bond acceptors (Lipinski definition) is 6. The highest BCUT2D eigenvalue weighted by molar-refractivity contribution is 6.44. The number of benzene rings is 1. The van der Waals surface area contributed by atoms with Crippen LogP contribution in [-0.2, 0) is 16.0 Å². The van der Waals surface area contributed by atoms with Crippen molar-refractivity contribution in [2.75, 3.05) is 0 Å². The van der Waals surface area contributed by atoms with Crippen LogP contribution in [0.15, 0.2) is 47.7 Å². The van der Waals surface area contributed by atoms with Crippen LogP contribution >= 0.6 is 0 Å². The molecule has 1 aliphatic rings. The van der Waals surface area contributed by atoms with Crippen LogP contribution in [0.4, 0.5) is 0 Å². The van der Waals surface area contributed by atoms with Gasteiger partial charge in [0.05, 0.1) is 12.0 Å². The molecule has 1 heterocycles. The first kappa shape index (κ1) is 22.6. The Morgan fingerprint density at radius 2 is 1.90 bits per heavy atom. The Hall–Kier alpha value is -2.65. The Kier molecular flexibility index (Phi) is 8.42. The van der Waals surface area contributed by atoms with E-state index in [-0.39, 0.29) is 24.1 Å². The van der Waals surface area contributed by atoms with E-state index in [2.05, 4.69) is 20.9 Å². The van der Waals surface area contributed by atoms with Gasteiger partial charge in [-0.25, -0.2) is 0 Å². The van der Waals surface area contributed by atoms with Gasteiger partial charge in [0.15, 0.2) is 0 Å². The molecule has 8 nitrogen and oxygen atoms in total. The summed E-state index contributed by atoms with van der Waals surface area (Å²) in [6.07, 6.45) is 3.80. The summed E-state index contributed by atoms with van der Waals surface area (Å²) in [5, 5.41) is 27.6. The fourth-order valence-electron chi connectivity index (χ4n) is 3.09. The third-order valence-corrected chi connectivity index (χ3v) is 4.59. The summed E-state index contributed by atoms with van der Waals surface area (Å²) < 4.78 is 0. The second-order valence-corrected chi connectivity index (χ2v) is 7.59. The van der Waals surface area contributed by atoms with E-state index in [0.717, 1.165) is 5.56 Å². The molecule has 2 unspecified atom stereocenters. The van der Waals surface area contributed by atoms with Crippen LogP contribution in [0.1, 0.15) is 32.8 Å². The fraction of sp³-hybridized carbons (Fsp3) is 0.450. The smallest absolute Gasteiger partial charge is 0.426 e. The summed E-state index contributed by atoms with van der Waals surface area (Å²) in [5.41, 5.74) is 1.15. The minimum Gasteiger partial charge on any atom is -0.426 e. The van der Waals surface area contributed by atoms with E-state index >= 15 is 0 Å². The molecule has 0 aromatic heterocycles. The quantitative estimate of drug-likeness (QED) is 0.378. The molecule has 1 aromatic rings. The average Bonchev–Trinajstić information content (AvgIpc) is 2.67. The van der Waals surface area contributed by atoms with Gasteiger partial charge in [0.2, 0.25) is 5.91 Å². The molecule has 0 bridgehead atoms. The van der Waals surface area contributed by atoms with Gasteiger partial charge >= 0.3 is 7.12 Å². The molecule has 9 heteroatoms. The maximum Gasteiger partial charge on any atom is 0.475 e. The molecule has 0 saturated heterocycles. The van der Waals surface area contributed by atoms with Crippen molar-refractivity contribution in [1.29, 1.82) is 0 Å². The lowest BCUT2D eigenvalue weighted by Crippen LogP contribution is -2.56. The molecule has 3 atom stereocenters. The van der Waals surface area contributed by atoms with E-state index in [1.807, 2.05) is 44.2 Å². The van der Waals surface area contributed by atoms with E-state index in [0.29, 0.717) is 6.42 Å². The van der Waals surface area contributed by atoms with Crippen LogP contribution < -0.4 is 16.0 Å². The molecule has 0 spiro atoms. The molecule has 1 aliphatic heterocycles. The van der Waals surface area contributed by atoms with Crippen LogP contribution in [0, 0.1) is 5.92 Å². The first-order valence-electron chi connectivity index (χ1n) is 9.78. The zero-order chi connectivity index (χ0) is 21.4. The van der Waals surface area contributed by atoms with E-state index in [1.165, 1.54) is 6.20 Å². The lowest BCUT2D eigenvalue weighted by molar-refractivity contribution is -0.127. The van der Waals surface area contributed by atoms with Crippen LogP contribution in [0.5, 0.6) is 0 Å². The van der Waals surface area contributed by atoms with Crippen LogP contribution in [0.25, 0.3) is 0 Å². The van der Waals surface area contributed by atoms with Gasteiger partial charge in [-0.05, 0) is 24.8 Å². The van der Waals surface area contributed by atoms with Crippen molar-refractivity contribution in [2.24, 2.45) is 10.9 Å². The normalized spacial score (nSPS) is 17.7. The molecule has 29 heavy (non-hydrogen) atoms. The number of rotatable bonds is 9. The molecule has 0 saturated carbocycles. The zero-order valence-corrected chi connectivity index (χ0v) is 17.0. The Labute approximate surface area is 171 Å². The molecule has 156 valence electrons. The van der Waals surface area contributed by atoms with Gasteiger partial charge in [-0.2, -0.15) is 0 Å². The number of amides is 2. The van der Waals surface area contributed by atoms with E-state index in [9.17, 15) is 19.6 Å². The molecule has 2 rings (SSSR count). The summed E-state index contributed by atoms with van der Waals surface area (Å²) in [6, 6.07) is 8.13. The van der Waals surface area contributed by atoms with E-state index in [1.54, 1.807) is 13.1 Å². The second kappa shape index (κ2) is 10.8. The standard InChI is InChI=1S/C20H29BN4O4/c1-13(2)11-17(21(28)29)25-19(26)16(12-15-7-5-4-6-8-15)24-20(27)18-14(3)22-9-10-23-18/h4-10,13-14,16-17,22,28-29H,11-12H2,1-3H3,(H,24,27)(H,25,26)/t14?,16?,17-/m0/s1. The molecule has 0 fully saturated rings. The van der Waals surface area contributed by atoms with Crippen molar-refractivity contribution in [3.05, 3.63) is 48.3 Å². The van der Waals surface area contributed by atoms with Crippen molar-refractivity contribution in [3.63, 3.8) is 0 Å². The molecule has 0 aliphatic carbocycles. The Balaban J connectivity index is 2.17. The predicted molar refractivity (Wildman–Crippen MR) is 113 cm³/mol. The minimum absolute atomic E-state index is 0.152. The van der Waals surface area contributed by atoms with Gasteiger partial charge < -0.3 is 26.0 Å². The lowest BCUT2D eigenvalue weighted by Gasteiger charge is -2.25.